The summed E-state index contributed by atoms with van der Waals surface area (Å²) in [6, 6.07) is 5.93. The summed E-state index contributed by atoms with van der Waals surface area (Å²) in [7, 11) is 0. The van der Waals surface area contributed by atoms with Gasteiger partial charge in [0.05, 0.1) is 0 Å². The molecule has 1 unspecified atom stereocenters. The van der Waals surface area contributed by atoms with Crippen LogP contribution in [0.4, 0.5) is 10.5 Å². The van der Waals surface area contributed by atoms with Gasteiger partial charge in [-0.05, 0) is 50.3 Å². The minimum Gasteiger partial charge on any atom is -0.350 e. The first-order valence-corrected chi connectivity index (χ1v) is 10.7. The molecular formula is C22H28N4O4. The maximum atomic E-state index is 12.8. The molecule has 3 aliphatic rings. The maximum absolute atomic E-state index is 12.8. The minimum absolute atomic E-state index is 0.0375. The number of amides is 5. The second kappa shape index (κ2) is 8.08. The van der Waals surface area contributed by atoms with Gasteiger partial charge in [-0.25, -0.2) is 9.69 Å². The van der Waals surface area contributed by atoms with Crippen LogP contribution in [-0.4, -0.2) is 40.2 Å². The van der Waals surface area contributed by atoms with Gasteiger partial charge in [-0.15, -0.1) is 0 Å². The standard InChI is InChI=1S/C22H28N4O4/c1-14(26-20(29)22(25-21(26)30)10-2-3-11-22)18(27)23-13-15-6-4-9-17(12-15)24-19(28)16-7-5-8-16/h4,6,9,12,14,16H,2-3,5,7-8,10-11,13H2,1H3,(H,23,27)(H,24,28)(H,25,30). The number of hydrogen-bond donors (Lipinski definition) is 3. The van der Waals surface area contributed by atoms with Crippen LogP contribution in [0.5, 0.6) is 0 Å². The summed E-state index contributed by atoms with van der Waals surface area (Å²) in [5.41, 5.74) is 0.703. The van der Waals surface area contributed by atoms with Gasteiger partial charge in [0.1, 0.15) is 11.6 Å². The molecule has 3 fully saturated rings. The Morgan fingerprint density at radius 1 is 1.20 bits per heavy atom. The fraction of sp³-hybridized carbons (Fsp3) is 0.545. The lowest BCUT2D eigenvalue weighted by atomic mass is 9.85. The summed E-state index contributed by atoms with van der Waals surface area (Å²) in [5.74, 6) is -0.553. The van der Waals surface area contributed by atoms with Crippen LogP contribution in [0, 0.1) is 5.92 Å². The van der Waals surface area contributed by atoms with Crippen molar-refractivity contribution in [1.29, 1.82) is 0 Å². The number of nitrogens with one attached hydrogen (secondary N) is 3. The molecule has 0 bridgehead atoms. The van der Waals surface area contributed by atoms with E-state index >= 15 is 0 Å². The lowest BCUT2D eigenvalue weighted by Crippen LogP contribution is -2.49. The highest BCUT2D eigenvalue weighted by Crippen LogP contribution is 2.35. The van der Waals surface area contributed by atoms with Crippen LogP contribution in [-0.2, 0) is 20.9 Å². The van der Waals surface area contributed by atoms with E-state index in [0.29, 0.717) is 18.5 Å². The molecule has 0 aromatic heterocycles. The number of carbonyl (C=O) groups is 4. The summed E-state index contributed by atoms with van der Waals surface area (Å²) in [6.07, 6.45) is 6.01. The van der Waals surface area contributed by atoms with Gasteiger partial charge < -0.3 is 16.0 Å². The molecule has 1 aliphatic heterocycles. The first-order valence-electron chi connectivity index (χ1n) is 10.7. The van der Waals surface area contributed by atoms with E-state index in [1.54, 1.807) is 6.92 Å². The molecule has 160 valence electrons. The molecular weight excluding hydrogens is 384 g/mol. The molecule has 8 nitrogen and oxygen atoms in total. The van der Waals surface area contributed by atoms with E-state index in [-0.39, 0.29) is 24.3 Å². The number of carbonyl (C=O) groups excluding carboxylic acids is 4. The predicted molar refractivity (Wildman–Crippen MR) is 110 cm³/mol. The fourth-order valence-corrected chi connectivity index (χ4v) is 4.44. The SMILES string of the molecule is CC(C(=O)NCc1cccc(NC(=O)C2CCC2)c1)N1C(=O)NC2(CCCC2)C1=O. The Kier molecular flexibility index (Phi) is 5.49. The summed E-state index contributed by atoms with van der Waals surface area (Å²) >= 11 is 0. The average molecular weight is 412 g/mol. The average Bonchev–Trinajstić information content (AvgIpc) is 3.23. The van der Waals surface area contributed by atoms with Crippen molar-refractivity contribution in [2.45, 2.75) is 70.0 Å². The third-order valence-electron chi connectivity index (χ3n) is 6.55. The Morgan fingerprint density at radius 3 is 2.60 bits per heavy atom. The van der Waals surface area contributed by atoms with Crippen LogP contribution >= 0.6 is 0 Å². The second-order valence-corrected chi connectivity index (χ2v) is 8.61. The van der Waals surface area contributed by atoms with Gasteiger partial charge in [0.25, 0.3) is 5.91 Å². The van der Waals surface area contributed by atoms with E-state index in [0.717, 1.165) is 42.6 Å². The molecule has 5 amide bonds. The molecule has 4 rings (SSSR count). The highest BCUT2D eigenvalue weighted by molar-refractivity contribution is 6.10. The van der Waals surface area contributed by atoms with E-state index in [4.69, 9.17) is 0 Å². The number of rotatable bonds is 6. The molecule has 1 aromatic rings. The van der Waals surface area contributed by atoms with Crippen molar-refractivity contribution in [1.82, 2.24) is 15.5 Å². The topological polar surface area (TPSA) is 108 Å². The van der Waals surface area contributed by atoms with Crippen LogP contribution in [0.25, 0.3) is 0 Å². The van der Waals surface area contributed by atoms with Crippen molar-refractivity contribution in [2.75, 3.05) is 5.32 Å². The Labute approximate surface area is 175 Å². The molecule has 2 aliphatic carbocycles. The molecule has 0 radical (unpaired) electrons. The number of anilines is 1. The van der Waals surface area contributed by atoms with Crippen molar-refractivity contribution in [3.63, 3.8) is 0 Å². The zero-order valence-electron chi connectivity index (χ0n) is 17.2. The lowest BCUT2D eigenvalue weighted by molar-refractivity contribution is -0.137. The smallest absolute Gasteiger partial charge is 0.325 e. The van der Waals surface area contributed by atoms with E-state index in [1.165, 1.54) is 0 Å². The Balaban J connectivity index is 1.34. The number of imide groups is 1. The van der Waals surface area contributed by atoms with E-state index in [2.05, 4.69) is 16.0 Å². The molecule has 2 saturated carbocycles. The van der Waals surface area contributed by atoms with Crippen molar-refractivity contribution in [3.05, 3.63) is 29.8 Å². The van der Waals surface area contributed by atoms with Crippen molar-refractivity contribution in [2.24, 2.45) is 5.92 Å². The summed E-state index contributed by atoms with van der Waals surface area (Å²) in [5, 5.41) is 8.52. The minimum atomic E-state index is -0.890. The number of nitrogens with zero attached hydrogens (tertiary/aromatic N) is 1. The van der Waals surface area contributed by atoms with Gasteiger partial charge in [-0.1, -0.05) is 31.4 Å². The highest BCUT2D eigenvalue weighted by Gasteiger charge is 2.54. The zero-order valence-corrected chi connectivity index (χ0v) is 17.2. The maximum Gasteiger partial charge on any atom is 0.325 e. The molecule has 1 aromatic carbocycles. The van der Waals surface area contributed by atoms with Gasteiger partial charge >= 0.3 is 6.03 Å². The molecule has 1 spiro atoms. The van der Waals surface area contributed by atoms with Crippen LogP contribution in [0.15, 0.2) is 24.3 Å². The fourth-order valence-electron chi connectivity index (χ4n) is 4.44. The highest BCUT2D eigenvalue weighted by atomic mass is 16.2. The van der Waals surface area contributed by atoms with Gasteiger partial charge in [0, 0.05) is 18.2 Å². The van der Waals surface area contributed by atoms with Gasteiger partial charge in [-0.2, -0.15) is 0 Å². The monoisotopic (exact) mass is 412 g/mol. The molecule has 1 atom stereocenters. The number of benzene rings is 1. The van der Waals surface area contributed by atoms with Crippen molar-refractivity contribution >= 4 is 29.4 Å². The Hall–Kier alpha value is -2.90. The molecule has 30 heavy (non-hydrogen) atoms. The van der Waals surface area contributed by atoms with Crippen molar-refractivity contribution in [3.8, 4) is 0 Å². The number of urea groups is 1. The van der Waals surface area contributed by atoms with Gasteiger partial charge in [-0.3, -0.25) is 14.4 Å². The molecule has 8 heteroatoms. The largest absolute Gasteiger partial charge is 0.350 e. The van der Waals surface area contributed by atoms with E-state index in [9.17, 15) is 19.2 Å². The summed E-state index contributed by atoms with van der Waals surface area (Å²) in [6.45, 7) is 1.81. The third-order valence-corrected chi connectivity index (χ3v) is 6.55. The normalized spacial score (nSPS) is 21.3. The second-order valence-electron chi connectivity index (χ2n) is 8.61. The quantitative estimate of drug-likeness (QED) is 0.623. The van der Waals surface area contributed by atoms with Crippen molar-refractivity contribution < 1.29 is 19.2 Å². The first-order chi connectivity index (χ1) is 14.4. The zero-order chi connectivity index (χ0) is 21.3. The Morgan fingerprint density at radius 2 is 1.93 bits per heavy atom. The van der Waals surface area contributed by atoms with Crippen LogP contribution in [0.3, 0.4) is 0 Å². The molecule has 3 N–H and O–H groups in total. The van der Waals surface area contributed by atoms with E-state index < -0.39 is 23.5 Å². The van der Waals surface area contributed by atoms with Crippen LogP contribution < -0.4 is 16.0 Å². The van der Waals surface area contributed by atoms with Gasteiger partial charge in [0.2, 0.25) is 11.8 Å². The summed E-state index contributed by atoms with van der Waals surface area (Å²) < 4.78 is 0. The lowest BCUT2D eigenvalue weighted by Gasteiger charge is -2.24. The van der Waals surface area contributed by atoms with Crippen LogP contribution in [0.2, 0.25) is 0 Å². The summed E-state index contributed by atoms with van der Waals surface area (Å²) in [4.78, 5) is 51.0. The Bertz CT molecular complexity index is 874. The molecule has 1 saturated heterocycles. The predicted octanol–water partition coefficient (Wildman–Crippen LogP) is 2.29. The third kappa shape index (κ3) is 3.78. The number of hydrogen-bond acceptors (Lipinski definition) is 4. The first kappa shape index (κ1) is 20.4. The van der Waals surface area contributed by atoms with E-state index in [1.807, 2.05) is 24.3 Å². The molecule has 1 heterocycles. The van der Waals surface area contributed by atoms with Gasteiger partial charge in [0.15, 0.2) is 0 Å². The van der Waals surface area contributed by atoms with Crippen LogP contribution in [0.1, 0.15) is 57.4 Å².